The molecule has 8 heteroatoms. The zero-order valence-electron chi connectivity index (χ0n) is 25.3. The molecule has 0 amide bonds. The maximum Gasteiger partial charge on any atom is 0.328 e. The second-order valence-electron chi connectivity index (χ2n) is 12.4. The highest BCUT2D eigenvalue weighted by Crippen LogP contribution is 2.43. The van der Waals surface area contributed by atoms with E-state index in [0.29, 0.717) is 36.0 Å². The molecule has 0 bridgehead atoms. The van der Waals surface area contributed by atoms with E-state index < -0.39 is 0 Å². The van der Waals surface area contributed by atoms with Gasteiger partial charge in [-0.2, -0.15) is 5.21 Å². The van der Waals surface area contributed by atoms with Crippen molar-refractivity contribution in [3.63, 3.8) is 0 Å². The van der Waals surface area contributed by atoms with E-state index in [1.54, 1.807) is 0 Å². The number of hydrogen-bond donors (Lipinski definition) is 1. The van der Waals surface area contributed by atoms with Crippen LogP contribution in [0.15, 0.2) is 53.6 Å². The summed E-state index contributed by atoms with van der Waals surface area (Å²) in [5.41, 5.74) is 5.11. The number of benzene rings is 1. The van der Waals surface area contributed by atoms with Crippen molar-refractivity contribution in [2.45, 2.75) is 92.2 Å². The van der Waals surface area contributed by atoms with Crippen LogP contribution < -0.4 is 5.69 Å². The molecule has 0 aliphatic heterocycles. The van der Waals surface area contributed by atoms with Crippen LogP contribution in [0.2, 0.25) is 0 Å². The summed E-state index contributed by atoms with van der Waals surface area (Å²) in [5.74, 6) is 2.65. The summed E-state index contributed by atoms with van der Waals surface area (Å²) in [6.07, 6.45) is 12.0. The monoisotopic (exact) mass is 555 g/mol. The average Bonchev–Trinajstić information content (AvgIpc) is 3.54. The van der Waals surface area contributed by atoms with Crippen molar-refractivity contribution in [2.24, 2.45) is 23.7 Å². The van der Waals surface area contributed by atoms with Gasteiger partial charge in [0.25, 0.3) is 0 Å². The Balaban J connectivity index is 1.52. The van der Waals surface area contributed by atoms with Crippen LogP contribution in [-0.2, 0) is 13.0 Å². The topological polar surface area (TPSA) is 94.3 Å². The van der Waals surface area contributed by atoms with Crippen molar-refractivity contribution in [1.82, 2.24) is 34.7 Å². The number of imidazole rings is 1. The molecular formula is C33H45N7O. The van der Waals surface area contributed by atoms with Crippen LogP contribution >= 0.6 is 0 Å². The Labute approximate surface area is 243 Å². The molecule has 2 unspecified atom stereocenters. The highest BCUT2D eigenvalue weighted by Gasteiger charge is 2.37. The third-order valence-electron chi connectivity index (χ3n) is 9.05. The molecule has 5 rings (SSSR count). The number of rotatable bonds is 10. The Morgan fingerprint density at radius 2 is 1.68 bits per heavy atom. The van der Waals surface area contributed by atoms with Gasteiger partial charge in [0.05, 0.1) is 12.2 Å². The normalized spacial score (nSPS) is 19.6. The summed E-state index contributed by atoms with van der Waals surface area (Å²) in [6, 6.07) is 12.4. The highest BCUT2D eigenvalue weighted by atomic mass is 16.1. The lowest BCUT2D eigenvalue weighted by atomic mass is 9.76. The van der Waals surface area contributed by atoms with E-state index in [1.165, 1.54) is 25.7 Å². The van der Waals surface area contributed by atoms with Crippen molar-refractivity contribution < 1.29 is 0 Å². The Hall–Kier alpha value is -3.55. The molecule has 1 aliphatic rings. The minimum absolute atomic E-state index is 0.116. The van der Waals surface area contributed by atoms with Gasteiger partial charge in [-0.05, 0) is 83.9 Å². The van der Waals surface area contributed by atoms with Crippen molar-refractivity contribution >= 4 is 0 Å². The molecule has 0 saturated heterocycles. The number of aryl methyl sites for hydroxylation is 1. The molecule has 1 saturated carbocycles. The molecule has 2 atom stereocenters. The van der Waals surface area contributed by atoms with Crippen LogP contribution in [0.3, 0.4) is 0 Å². The number of nitrogens with one attached hydrogen (secondary N) is 1. The SMILES string of the molecule is CCCCc1cn(C2C(C(C)C)CCCCC2C(C)C)c(=O)n1Cc1cc(-c2cccc(-c3nn[nH]n3)c2)ccn1. The number of nitrogens with zero attached hydrogens (tertiary/aromatic N) is 6. The summed E-state index contributed by atoms with van der Waals surface area (Å²) in [7, 11) is 0. The van der Waals surface area contributed by atoms with Gasteiger partial charge >= 0.3 is 5.69 Å². The van der Waals surface area contributed by atoms with Crippen LogP contribution in [-0.4, -0.2) is 34.7 Å². The largest absolute Gasteiger partial charge is 0.328 e. The number of pyridine rings is 1. The van der Waals surface area contributed by atoms with Crippen LogP contribution in [0.5, 0.6) is 0 Å². The number of aromatic nitrogens is 7. The Kier molecular flexibility index (Phi) is 9.15. The number of tetrazole rings is 1. The zero-order valence-corrected chi connectivity index (χ0v) is 25.3. The number of H-pyrrole nitrogens is 1. The van der Waals surface area contributed by atoms with Gasteiger partial charge in [-0.1, -0.05) is 72.1 Å². The second kappa shape index (κ2) is 13.0. The van der Waals surface area contributed by atoms with Gasteiger partial charge in [0.15, 0.2) is 0 Å². The quantitative estimate of drug-likeness (QED) is 0.214. The predicted octanol–water partition coefficient (Wildman–Crippen LogP) is 6.94. The van der Waals surface area contributed by atoms with Crippen LogP contribution in [0.4, 0.5) is 0 Å². The molecule has 3 heterocycles. The molecule has 1 aliphatic carbocycles. The summed E-state index contributed by atoms with van der Waals surface area (Å²) in [6.45, 7) is 12.0. The van der Waals surface area contributed by atoms with Gasteiger partial charge in [-0.3, -0.25) is 14.1 Å². The molecule has 218 valence electrons. The third kappa shape index (κ3) is 6.36. The minimum Gasteiger partial charge on any atom is -0.295 e. The predicted molar refractivity (Wildman–Crippen MR) is 163 cm³/mol. The highest BCUT2D eigenvalue weighted by molar-refractivity contribution is 5.70. The fraction of sp³-hybridized carbons (Fsp3) is 0.545. The van der Waals surface area contributed by atoms with Crippen molar-refractivity contribution in [2.75, 3.05) is 0 Å². The fourth-order valence-electron chi connectivity index (χ4n) is 6.80. The van der Waals surface area contributed by atoms with Gasteiger partial charge < -0.3 is 0 Å². The smallest absolute Gasteiger partial charge is 0.295 e. The van der Waals surface area contributed by atoms with Crippen molar-refractivity contribution in [3.05, 3.63) is 70.7 Å². The van der Waals surface area contributed by atoms with Gasteiger partial charge in [-0.15, -0.1) is 10.2 Å². The number of aromatic amines is 1. The lowest BCUT2D eigenvalue weighted by Crippen LogP contribution is -2.38. The second-order valence-corrected chi connectivity index (χ2v) is 12.4. The standard InChI is InChI=1S/C33H45N7O/c1-6-7-13-28-21-40(31-29(22(2)3)14-8-9-15-30(31)23(4)5)33(41)39(28)20-27-19-25(16-17-34-27)24-11-10-12-26(18-24)32-35-37-38-36-32/h10-12,16-19,21-23,29-31H,6-9,13-15,20H2,1-5H3,(H,35,36,37,38). The molecule has 0 radical (unpaired) electrons. The molecule has 8 nitrogen and oxygen atoms in total. The lowest BCUT2D eigenvalue weighted by molar-refractivity contribution is 0.145. The first-order valence-corrected chi connectivity index (χ1v) is 15.5. The number of hydrogen-bond acceptors (Lipinski definition) is 5. The number of unbranched alkanes of at least 4 members (excludes halogenated alkanes) is 1. The molecule has 4 aromatic rings. The van der Waals surface area contributed by atoms with Gasteiger partial charge in [0.2, 0.25) is 5.82 Å². The van der Waals surface area contributed by atoms with Gasteiger partial charge in [0, 0.05) is 29.7 Å². The summed E-state index contributed by atoms with van der Waals surface area (Å²) in [5, 5.41) is 14.4. The third-order valence-corrected chi connectivity index (χ3v) is 9.05. The van der Waals surface area contributed by atoms with Gasteiger partial charge in [0.1, 0.15) is 0 Å². The van der Waals surface area contributed by atoms with E-state index >= 15 is 0 Å². The molecule has 41 heavy (non-hydrogen) atoms. The Morgan fingerprint density at radius 1 is 0.976 bits per heavy atom. The Morgan fingerprint density at radius 3 is 2.34 bits per heavy atom. The lowest BCUT2D eigenvalue weighted by Gasteiger charge is -2.36. The first kappa shape index (κ1) is 29.0. The summed E-state index contributed by atoms with van der Waals surface area (Å²) >= 11 is 0. The van der Waals surface area contributed by atoms with Crippen LogP contribution in [0.1, 0.15) is 90.6 Å². The molecule has 0 spiro atoms. The first-order valence-electron chi connectivity index (χ1n) is 15.5. The zero-order chi connectivity index (χ0) is 28.9. The van der Waals surface area contributed by atoms with E-state index in [2.05, 4.69) is 84.2 Å². The van der Waals surface area contributed by atoms with Crippen LogP contribution in [0.25, 0.3) is 22.5 Å². The molecule has 1 fully saturated rings. The van der Waals surface area contributed by atoms with E-state index in [9.17, 15) is 4.79 Å². The van der Waals surface area contributed by atoms with E-state index in [0.717, 1.165) is 47.3 Å². The maximum absolute atomic E-state index is 14.3. The Bertz CT molecular complexity index is 1450. The van der Waals surface area contributed by atoms with E-state index in [-0.39, 0.29) is 11.7 Å². The van der Waals surface area contributed by atoms with Gasteiger partial charge in [-0.25, -0.2) is 4.79 Å². The van der Waals surface area contributed by atoms with E-state index in [4.69, 9.17) is 4.98 Å². The first-order chi connectivity index (χ1) is 19.9. The maximum atomic E-state index is 14.3. The fourth-order valence-corrected chi connectivity index (χ4v) is 6.80. The van der Waals surface area contributed by atoms with Crippen molar-refractivity contribution in [1.29, 1.82) is 0 Å². The molecule has 1 aromatic carbocycles. The minimum atomic E-state index is 0.116. The molecule has 3 aromatic heterocycles. The molecule has 1 N–H and O–H groups in total. The van der Waals surface area contributed by atoms with Crippen molar-refractivity contribution in [3.8, 4) is 22.5 Å². The summed E-state index contributed by atoms with van der Waals surface area (Å²) < 4.78 is 4.14. The van der Waals surface area contributed by atoms with E-state index in [1.807, 2.05) is 29.0 Å². The average molecular weight is 556 g/mol. The summed E-state index contributed by atoms with van der Waals surface area (Å²) in [4.78, 5) is 19.0. The molecular weight excluding hydrogens is 510 g/mol. The van der Waals surface area contributed by atoms with Crippen LogP contribution in [0, 0.1) is 23.7 Å².